The first kappa shape index (κ1) is 21.3. The first-order valence-corrected chi connectivity index (χ1v) is 9.73. The SMILES string of the molecule is CCN(CCCNC(=NC)NCc1cccc(NC(C)=O)c1)c1ccccc1. The minimum atomic E-state index is -0.0702. The lowest BCUT2D eigenvalue weighted by Crippen LogP contribution is -2.38. The molecule has 2 aromatic carbocycles. The molecule has 0 atom stereocenters. The van der Waals surface area contributed by atoms with E-state index in [4.69, 9.17) is 0 Å². The quantitative estimate of drug-likeness (QED) is 0.354. The molecular formula is C22H31N5O. The summed E-state index contributed by atoms with van der Waals surface area (Å²) in [4.78, 5) is 17.8. The number of guanidine groups is 1. The van der Waals surface area contributed by atoms with Crippen molar-refractivity contribution in [1.82, 2.24) is 10.6 Å². The van der Waals surface area contributed by atoms with E-state index in [-0.39, 0.29) is 5.91 Å². The number of carbonyl (C=O) groups is 1. The molecule has 0 spiro atoms. The monoisotopic (exact) mass is 381 g/mol. The number of anilines is 2. The fourth-order valence-corrected chi connectivity index (χ4v) is 2.95. The standard InChI is InChI=1S/C22H31N5O/c1-4-27(21-12-6-5-7-13-21)15-9-14-24-22(23-3)25-17-19-10-8-11-20(16-19)26-18(2)28/h5-8,10-13,16H,4,9,14-15,17H2,1-3H3,(H,26,28)(H2,23,24,25). The molecule has 0 fully saturated rings. The van der Waals surface area contributed by atoms with Crippen molar-refractivity contribution in [2.24, 2.45) is 4.99 Å². The van der Waals surface area contributed by atoms with Crippen LogP contribution in [0.4, 0.5) is 11.4 Å². The van der Waals surface area contributed by atoms with E-state index in [1.54, 1.807) is 7.05 Å². The van der Waals surface area contributed by atoms with Crippen molar-refractivity contribution in [3.63, 3.8) is 0 Å². The second-order valence-corrected chi connectivity index (χ2v) is 6.50. The highest BCUT2D eigenvalue weighted by Gasteiger charge is 2.04. The lowest BCUT2D eigenvalue weighted by molar-refractivity contribution is -0.114. The maximum atomic E-state index is 11.2. The Morgan fingerprint density at radius 2 is 1.86 bits per heavy atom. The van der Waals surface area contributed by atoms with Crippen molar-refractivity contribution in [2.45, 2.75) is 26.8 Å². The summed E-state index contributed by atoms with van der Waals surface area (Å²) in [6.07, 6.45) is 1.02. The third-order valence-corrected chi connectivity index (χ3v) is 4.33. The van der Waals surface area contributed by atoms with Gasteiger partial charge in [-0.1, -0.05) is 30.3 Å². The normalized spacial score (nSPS) is 11.0. The van der Waals surface area contributed by atoms with Gasteiger partial charge in [-0.25, -0.2) is 0 Å². The van der Waals surface area contributed by atoms with E-state index >= 15 is 0 Å². The van der Waals surface area contributed by atoms with Crippen LogP contribution in [-0.4, -0.2) is 38.5 Å². The van der Waals surface area contributed by atoms with E-state index in [0.29, 0.717) is 6.54 Å². The summed E-state index contributed by atoms with van der Waals surface area (Å²) in [5.74, 6) is 0.701. The van der Waals surface area contributed by atoms with Crippen molar-refractivity contribution >= 4 is 23.2 Å². The lowest BCUT2D eigenvalue weighted by atomic mass is 10.2. The molecular weight excluding hydrogens is 350 g/mol. The number of benzene rings is 2. The molecule has 0 radical (unpaired) electrons. The highest BCUT2D eigenvalue weighted by atomic mass is 16.1. The molecule has 0 saturated heterocycles. The van der Waals surface area contributed by atoms with Crippen LogP contribution in [0.1, 0.15) is 25.8 Å². The molecule has 0 aliphatic rings. The van der Waals surface area contributed by atoms with Gasteiger partial charge in [-0.15, -0.1) is 0 Å². The number of amides is 1. The van der Waals surface area contributed by atoms with Crippen LogP contribution in [0.15, 0.2) is 59.6 Å². The molecule has 0 bridgehead atoms. The predicted octanol–water partition coefficient (Wildman–Crippen LogP) is 3.23. The molecule has 2 rings (SSSR count). The molecule has 1 amide bonds. The van der Waals surface area contributed by atoms with Gasteiger partial charge in [0.25, 0.3) is 0 Å². The fourth-order valence-electron chi connectivity index (χ4n) is 2.95. The van der Waals surface area contributed by atoms with Gasteiger partial charge in [0.1, 0.15) is 0 Å². The van der Waals surface area contributed by atoms with E-state index in [1.807, 2.05) is 30.3 Å². The summed E-state index contributed by atoms with van der Waals surface area (Å²) < 4.78 is 0. The van der Waals surface area contributed by atoms with Crippen LogP contribution in [-0.2, 0) is 11.3 Å². The summed E-state index contributed by atoms with van der Waals surface area (Å²) in [7, 11) is 1.77. The Kier molecular flexibility index (Phi) is 8.85. The Morgan fingerprint density at radius 3 is 2.54 bits per heavy atom. The number of hydrogen-bond acceptors (Lipinski definition) is 3. The Labute approximate surface area is 168 Å². The summed E-state index contributed by atoms with van der Waals surface area (Å²) in [6, 6.07) is 18.3. The smallest absolute Gasteiger partial charge is 0.221 e. The minimum absolute atomic E-state index is 0.0702. The molecule has 0 heterocycles. The summed E-state index contributed by atoms with van der Waals surface area (Å²) in [6.45, 7) is 7.14. The predicted molar refractivity (Wildman–Crippen MR) is 118 cm³/mol. The summed E-state index contributed by atoms with van der Waals surface area (Å²) in [5, 5.41) is 9.47. The zero-order valence-electron chi connectivity index (χ0n) is 17.0. The molecule has 6 nitrogen and oxygen atoms in total. The number of hydrogen-bond donors (Lipinski definition) is 3. The van der Waals surface area contributed by atoms with Gasteiger partial charge in [0.15, 0.2) is 5.96 Å². The Morgan fingerprint density at radius 1 is 1.07 bits per heavy atom. The number of carbonyl (C=O) groups excluding carboxylic acids is 1. The van der Waals surface area contributed by atoms with Gasteiger partial charge in [-0.3, -0.25) is 9.79 Å². The second kappa shape index (κ2) is 11.6. The van der Waals surface area contributed by atoms with Crippen LogP contribution in [0.3, 0.4) is 0 Å². The topological polar surface area (TPSA) is 68.8 Å². The molecule has 0 aliphatic heterocycles. The van der Waals surface area contributed by atoms with Crippen LogP contribution in [0, 0.1) is 0 Å². The van der Waals surface area contributed by atoms with Gasteiger partial charge in [0.05, 0.1) is 0 Å². The van der Waals surface area contributed by atoms with E-state index in [9.17, 15) is 4.79 Å². The molecule has 0 aliphatic carbocycles. The van der Waals surface area contributed by atoms with Crippen molar-refractivity contribution in [2.75, 3.05) is 36.9 Å². The first-order chi connectivity index (χ1) is 13.6. The molecule has 2 aromatic rings. The van der Waals surface area contributed by atoms with Gasteiger partial charge in [-0.05, 0) is 43.2 Å². The van der Waals surface area contributed by atoms with E-state index in [1.165, 1.54) is 12.6 Å². The molecule has 3 N–H and O–H groups in total. The third kappa shape index (κ3) is 7.31. The van der Waals surface area contributed by atoms with Gasteiger partial charge in [0, 0.05) is 51.5 Å². The lowest BCUT2D eigenvalue weighted by Gasteiger charge is -2.23. The molecule has 0 unspecified atom stereocenters. The van der Waals surface area contributed by atoms with Crippen LogP contribution in [0.25, 0.3) is 0 Å². The average Bonchev–Trinajstić information content (AvgIpc) is 2.70. The largest absolute Gasteiger partial charge is 0.372 e. The summed E-state index contributed by atoms with van der Waals surface area (Å²) in [5.41, 5.74) is 3.14. The highest BCUT2D eigenvalue weighted by Crippen LogP contribution is 2.13. The van der Waals surface area contributed by atoms with Gasteiger partial charge in [-0.2, -0.15) is 0 Å². The van der Waals surface area contributed by atoms with Gasteiger partial charge >= 0.3 is 0 Å². The number of rotatable bonds is 9. The zero-order chi connectivity index (χ0) is 20.2. The fraction of sp³-hybridized carbons (Fsp3) is 0.364. The Balaban J connectivity index is 1.75. The van der Waals surface area contributed by atoms with Crippen molar-refractivity contribution in [3.05, 3.63) is 60.2 Å². The molecule has 150 valence electrons. The average molecular weight is 382 g/mol. The van der Waals surface area contributed by atoms with Crippen LogP contribution in [0.5, 0.6) is 0 Å². The van der Waals surface area contributed by atoms with E-state index in [0.717, 1.165) is 43.3 Å². The number of aliphatic imine (C=N–C) groups is 1. The second-order valence-electron chi connectivity index (χ2n) is 6.50. The van der Waals surface area contributed by atoms with E-state index < -0.39 is 0 Å². The van der Waals surface area contributed by atoms with Crippen LogP contribution < -0.4 is 20.9 Å². The first-order valence-electron chi connectivity index (χ1n) is 9.73. The minimum Gasteiger partial charge on any atom is -0.372 e. The maximum Gasteiger partial charge on any atom is 0.221 e. The Bertz CT molecular complexity index is 761. The maximum absolute atomic E-state index is 11.2. The molecule has 0 aromatic heterocycles. The Hall–Kier alpha value is -3.02. The van der Waals surface area contributed by atoms with Crippen LogP contribution >= 0.6 is 0 Å². The van der Waals surface area contributed by atoms with Crippen molar-refractivity contribution in [1.29, 1.82) is 0 Å². The third-order valence-electron chi connectivity index (χ3n) is 4.33. The molecule has 0 saturated carbocycles. The number of nitrogens with zero attached hydrogens (tertiary/aromatic N) is 2. The zero-order valence-corrected chi connectivity index (χ0v) is 17.0. The van der Waals surface area contributed by atoms with E-state index in [2.05, 4.69) is 57.0 Å². The van der Waals surface area contributed by atoms with Crippen molar-refractivity contribution < 1.29 is 4.79 Å². The highest BCUT2D eigenvalue weighted by molar-refractivity contribution is 5.88. The number of nitrogens with one attached hydrogen (secondary N) is 3. The number of para-hydroxylation sites is 1. The summed E-state index contributed by atoms with van der Waals surface area (Å²) >= 11 is 0. The molecule has 28 heavy (non-hydrogen) atoms. The van der Waals surface area contributed by atoms with Crippen LogP contribution in [0.2, 0.25) is 0 Å². The van der Waals surface area contributed by atoms with Crippen molar-refractivity contribution in [3.8, 4) is 0 Å². The van der Waals surface area contributed by atoms with Gasteiger partial charge in [0.2, 0.25) is 5.91 Å². The molecule has 6 heteroatoms. The van der Waals surface area contributed by atoms with Gasteiger partial charge < -0.3 is 20.9 Å².